The van der Waals surface area contributed by atoms with Crippen molar-refractivity contribution >= 4 is 27.3 Å². The molecule has 1 N–H and O–H groups in total. The van der Waals surface area contributed by atoms with Gasteiger partial charge in [-0.3, -0.25) is 4.72 Å². The highest BCUT2D eigenvalue weighted by molar-refractivity contribution is 7.92. The van der Waals surface area contributed by atoms with E-state index >= 15 is 0 Å². The molecule has 0 heterocycles. The molecule has 0 aromatic heterocycles. The third-order valence-corrected chi connectivity index (χ3v) is 4.82. The van der Waals surface area contributed by atoms with Crippen LogP contribution < -0.4 is 4.72 Å². The van der Waals surface area contributed by atoms with Crippen molar-refractivity contribution < 1.29 is 8.42 Å². The molecule has 0 saturated carbocycles. The highest BCUT2D eigenvalue weighted by Gasteiger charge is 2.16. The van der Waals surface area contributed by atoms with Crippen molar-refractivity contribution in [3.63, 3.8) is 0 Å². The molecule has 0 unspecified atom stereocenters. The lowest BCUT2D eigenvalue weighted by Crippen LogP contribution is -2.13. The van der Waals surface area contributed by atoms with Crippen LogP contribution in [0.4, 0.5) is 5.69 Å². The van der Waals surface area contributed by atoms with Crippen LogP contribution in [0, 0.1) is 25.2 Å². The number of hydrogen-bond acceptors (Lipinski definition) is 3. The minimum atomic E-state index is -3.74. The molecular weight excluding hydrogens is 308 g/mol. The van der Waals surface area contributed by atoms with E-state index in [9.17, 15) is 8.42 Å². The molecule has 6 heteroatoms. The van der Waals surface area contributed by atoms with E-state index in [1.807, 2.05) is 19.9 Å². The Morgan fingerprint density at radius 3 is 2.43 bits per heavy atom. The molecule has 0 amide bonds. The van der Waals surface area contributed by atoms with Crippen LogP contribution in [-0.2, 0) is 10.0 Å². The lowest BCUT2D eigenvalue weighted by atomic mass is 10.1. The summed E-state index contributed by atoms with van der Waals surface area (Å²) in [6.07, 6.45) is 0. The number of nitrogens with zero attached hydrogens (tertiary/aromatic N) is 1. The predicted molar refractivity (Wildman–Crippen MR) is 82.9 cm³/mol. The van der Waals surface area contributed by atoms with E-state index in [0.717, 1.165) is 11.1 Å². The Balaban J connectivity index is 2.42. The number of aryl methyl sites for hydroxylation is 2. The smallest absolute Gasteiger partial charge is 0.261 e. The van der Waals surface area contributed by atoms with Crippen molar-refractivity contribution in [3.8, 4) is 6.07 Å². The summed E-state index contributed by atoms with van der Waals surface area (Å²) in [6.45, 7) is 3.75. The number of rotatable bonds is 3. The van der Waals surface area contributed by atoms with Gasteiger partial charge in [0.1, 0.15) is 0 Å². The van der Waals surface area contributed by atoms with Crippen LogP contribution in [0.3, 0.4) is 0 Å². The normalized spacial score (nSPS) is 11.0. The lowest BCUT2D eigenvalue weighted by Gasteiger charge is -2.11. The van der Waals surface area contributed by atoms with Crippen LogP contribution in [-0.4, -0.2) is 8.42 Å². The topological polar surface area (TPSA) is 70.0 Å². The van der Waals surface area contributed by atoms with Crippen LogP contribution >= 0.6 is 11.6 Å². The van der Waals surface area contributed by atoms with E-state index in [1.165, 1.54) is 24.3 Å². The average molecular weight is 321 g/mol. The second kappa shape index (κ2) is 5.76. The first-order valence-corrected chi connectivity index (χ1v) is 7.99. The lowest BCUT2D eigenvalue weighted by molar-refractivity contribution is 0.601. The van der Waals surface area contributed by atoms with E-state index in [2.05, 4.69) is 4.72 Å². The van der Waals surface area contributed by atoms with Crippen molar-refractivity contribution in [1.82, 2.24) is 0 Å². The molecule has 0 saturated heterocycles. The first-order chi connectivity index (χ1) is 9.83. The Kier molecular flexibility index (Phi) is 4.21. The van der Waals surface area contributed by atoms with Gasteiger partial charge in [-0.1, -0.05) is 17.7 Å². The monoisotopic (exact) mass is 320 g/mol. The van der Waals surface area contributed by atoms with Crippen LogP contribution in [0.1, 0.15) is 16.7 Å². The number of halogens is 1. The van der Waals surface area contributed by atoms with Crippen molar-refractivity contribution in [3.05, 3.63) is 58.1 Å². The molecule has 0 aliphatic rings. The van der Waals surface area contributed by atoms with Gasteiger partial charge in [-0.05, 0) is 55.3 Å². The van der Waals surface area contributed by atoms with Crippen LogP contribution in [0.2, 0.25) is 5.02 Å². The molecule has 108 valence electrons. The molecule has 0 bridgehead atoms. The highest BCUT2D eigenvalue weighted by atomic mass is 35.5. The molecule has 2 aromatic carbocycles. The standard InChI is InChI=1S/C15H13ClN2O2S/c1-10-3-5-13(7-11(10)2)21(19,20)18-15-8-12(9-17)4-6-14(15)16/h3-8,18H,1-2H3. The van der Waals surface area contributed by atoms with Crippen molar-refractivity contribution in [1.29, 1.82) is 5.26 Å². The maximum atomic E-state index is 12.4. The van der Waals surface area contributed by atoms with Gasteiger partial charge >= 0.3 is 0 Å². The van der Waals surface area contributed by atoms with E-state index in [4.69, 9.17) is 16.9 Å². The average Bonchev–Trinajstić information content (AvgIpc) is 2.44. The Hall–Kier alpha value is -2.03. The summed E-state index contributed by atoms with van der Waals surface area (Å²) in [5, 5.41) is 9.10. The molecule has 0 radical (unpaired) electrons. The van der Waals surface area contributed by atoms with Gasteiger partial charge in [0.2, 0.25) is 0 Å². The van der Waals surface area contributed by atoms with Gasteiger partial charge < -0.3 is 0 Å². The third-order valence-electron chi connectivity index (χ3n) is 3.13. The van der Waals surface area contributed by atoms with Gasteiger partial charge in [0.15, 0.2) is 0 Å². The number of benzene rings is 2. The zero-order chi connectivity index (χ0) is 15.6. The molecular formula is C15H13ClN2O2S. The van der Waals surface area contributed by atoms with Gasteiger partial charge in [-0.2, -0.15) is 5.26 Å². The minimum Gasteiger partial charge on any atom is -0.278 e. The maximum absolute atomic E-state index is 12.4. The first-order valence-electron chi connectivity index (χ1n) is 6.13. The molecule has 0 fully saturated rings. The fourth-order valence-corrected chi connectivity index (χ4v) is 3.13. The molecule has 0 spiro atoms. The summed E-state index contributed by atoms with van der Waals surface area (Å²) in [5.74, 6) is 0. The second-order valence-electron chi connectivity index (χ2n) is 4.66. The molecule has 2 aromatic rings. The quantitative estimate of drug-likeness (QED) is 0.938. The summed E-state index contributed by atoms with van der Waals surface area (Å²) in [4.78, 5) is 0.157. The SMILES string of the molecule is Cc1ccc(S(=O)(=O)Nc2cc(C#N)ccc2Cl)cc1C. The number of nitriles is 1. The first kappa shape index (κ1) is 15.4. The molecule has 2 rings (SSSR count). The summed E-state index contributed by atoms with van der Waals surface area (Å²) in [7, 11) is -3.74. The highest BCUT2D eigenvalue weighted by Crippen LogP contribution is 2.26. The molecule has 21 heavy (non-hydrogen) atoms. The summed E-state index contributed by atoms with van der Waals surface area (Å²) < 4.78 is 27.1. The van der Waals surface area contributed by atoms with Crippen molar-refractivity contribution in [2.75, 3.05) is 4.72 Å². The fourth-order valence-electron chi connectivity index (χ4n) is 1.76. The summed E-state index contributed by atoms with van der Waals surface area (Å²) >= 11 is 5.97. The molecule has 0 aliphatic carbocycles. The van der Waals surface area contributed by atoms with Gasteiger partial charge in [0.05, 0.1) is 27.2 Å². The van der Waals surface area contributed by atoms with Gasteiger partial charge in [0, 0.05) is 0 Å². The summed E-state index contributed by atoms with van der Waals surface area (Å²) in [6, 6.07) is 11.2. The summed E-state index contributed by atoms with van der Waals surface area (Å²) in [5.41, 5.74) is 2.42. The number of anilines is 1. The Bertz CT molecular complexity index is 839. The number of hydrogen-bond donors (Lipinski definition) is 1. The molecule has 0 atom stereocenters. The fraction of sp³-hybridized carbons (Fsp3) is 0.133. The zero-order valence-electron chi connectivity index (χ0n) is 11.5. The Morgan fingerprint density at radius 1 is 1.10 bits per heavy atom. The third kappa shape index (κ3) is 3.35. The number of sulfonamides is 1. The van der Waals surface area contributed by atoms with E-state index in [1.54, 1.807) is 12.1 Å². The van der Waals surface area contributed by atoms with Crippen LogP contribution in [0.5, 0.6) is 0 Å². The van der Waals surface area contributed by atoms with Crippen molar-refractivity contribution in [2.24, 2.45) is 0 Å². The number of nitrogens with one attached hydrogen (secondary N) is 1. The zero-order valence-corrected chi connectivity index (χ0v) is 13.1. The Labute approximate surface area is 129 Å². The van der Waals surface area contributed by atoms with Gasteiger partial charge in [0.25, 0.3) is 10.0 Å². The van der Waals surface area contributed by atoms with E-state index in [0.29, 0.717) is 5.56 Å². The van der Waals surface area contributed by atoms with Crippen LogP contribution in [0.15, 0.2) is 41.3 Å². The van der Waals surface area contributed by atoms with Crippen LogP contribution in [0.25, 0.3) is 0 Å². The maximum Gasteiger partial charge on any atom is 0.261 e. The van der Waals surface area contributed by atoms with Crippen molar-refractivity contribution in [2.45, 2.75) is 18.7 Å². The second-order valence-corrected chi connectivity index (χ2v) is 6.75. The molecule has 4 nitrogen and oxygen atoms in total. The Morgan fingerprint density at radius 2 is 1.81 bits per heavy atom. The predicted octanol–water partition coefficient (Wildman–Crippen LogP) is 3.63. The minimum absolute atomic E-state index is 0.157. The van der Waals surface area contributed by atoms with E-state index in [-0.39, 0.29) is 15.6 Å². The van der Waals surface area contributed by atoms with Gasteiger partial charge in [-0.15, -0.1) is 0 Å². The van der Waals surface area contributed by atoms with Gasteiger partial charge in [-0.25, -0.2) is 8.42 Å². The molecule has 0 aliphatic heterocycles. The largest absolute Gasteiger partial charge is 0.278 e. The van der Waals surface area contributed by atoms with E-state index < -0.39 is 10.0 Å².